The average molecular weight is 1470 g/mol. The van der Waals surface area contributed by atoms with Crippen LogP contribution in [0.3, 0.4) is 0 Å². The molecule has 2 heterocycles. The lowest BCUT2D eigenvalue weighted by atomic mass is 9.67. The minimum atomic E-state index is -0.591. The summed E-state index contributed by atoms with van der Waals surface area (Å²) in [4.78, 5) is 5.04. The average Bonchev–Trinajstić information content (AvgIpc) is 1.57. The van der Waals surface area contributed by atoms with Gasteiger partial charge in [-0.15, -0.1) is 11.3 Å². The Labute approximate surface area is 666 Å². The molecule has 114 heavy (non-hydrogen) atoms. The van der Waals surface area contributed by atoms with E-state index in [1.54, 1.807) is 0 Å². The minimum Gasteiger partial charge on any atom is -0.310 e. The van der Waals surface area contributed by atoms with E-state index in [0.29, 0.717) is 0 Å². The molecule has 2 aliphatic carbocycles. The lowest BCUT2D eigenvalue weighted by molar-refractivity contribution is 0.660. The first kappa shape index (κ1) is 65.7. The first-order chi connectivity index (χ1) is 56.3. The van der Waals surface area contributed by atoms with Crippen molar-refractivity contribution in [1.82, 2.24) is 4.57 Å². The summed E-state index contributed by atoms with van der Waals surface area (Å²) in [7, 11) is 0. The third-order valence-electron chi connectivity index (χ3n) is 25.0. The summed E-state index contributed by atoms with van der Waals surface area (Å²) >= 11 is 1.86. The summed E-state index contributed by atoms with van der Waals surface area (Å²) in [5.41, 5.74) is 29.1. The van der Waals surface area contributed by atoms with E-state index in [-0.39, 0.29) is 5.41 Å². The fraction of sp³-hybridized carbons (Fsp3) is 0.0364. The Bertz CT molecular complexity index is 7460. The van der Waals surface area contributed by atoms with Gasteiger partial charge in [0, 0.05) is 75.6 Å². The van der Waals surface area contributed by atoms with Gasteiger partial charge in [0.1, 0.15) is 0 Å². The molecule has 3 nitrogen and oxygen atoms in total. The van der Waals surface area contributed by atoms with Crippen LogP contribution in [0.2, 0.25) is 0 Å². The highest BCUT2D eigenvalue weighted by Gasteiger charge is 2.47. The normalized spacial score (nSPS) is 13.1. The van der Waals surface area contributed by atoms with Crippen molar-refractivity contribution < 1.29 is 0 Å². The van der Waals surface area contributed by atoms with Crippen LogP contribution < -0.4 is 9.80 Å². The molecule has 0 saturated carbocycles. The highest BCUT2D eigenvalue weighted by atomic mass is 32.1. The van der Waals surface area contributed by atoms with Crippen molar-refractivity contribution >= 4 is 131 Å². The molecule has 0 radical (unpaired) electrons. The summed E-state index contributed by atoms with van der Waals surface area (Å²) in [5.74, 6) is 0. The van der Waals surface area contributed by atoms with Gasteiger partial charge in [-0.1, -0.05) is 305 Å². The Kier molecular flexibility index (Phi) is 14.8. The maximum absolute atomic E-state index is 2.53. The Morgan fingerprint density at radius 2 is 0.728 bits per heavy atom. The Morgan fingerprint density at radius 1 is 0.246 bits per heavy atom. The second-order valence-corrected chi connectivity index (χ2v) is 32.5. The molecule has 0 bridgehead atoms. The smallest absolute Gasteiger partial charge is 0.0714 e. The summed E-state index contributed by atoms with van der Waals surface area (Å²) in [5, 5.41) is 14.7. The standard InChI is InChI=1S/C110H73N3S/c1-109(2)97-62-50-77(67-94(97)90-61-58-83(68-99(90)109)111(103-40-20-24-73-44-43-72-23-12-13-32-86(72)107(73)103)81-53-45-70(46-54-81)75-51-63-102-95(65-75)91-34-15-18-39-101(91)113(102)80-30-10-5-11-31-80)85-36-22-37-93-87(85)59-49-74-25-21-41-104(108(74)93)112(82-55-47-71(48-56-82)76-52-64-106-96(66-76)92-35-16-19-42-105(92)114-106)84-57-60-89-88-33-14-17-38-98(88)110(100(89)69-84,78-26-6-3-7-27-78)79-28-8-4-9-29-79/h3-69H,1-2H3. The second-order valence-electron chi connectivity index (χ2n) is 31.4. The van der Waals surface area contributed by atoms with Gasteiger partial charge in [0.25, 0.3) is 0 Å². The number of hydrogen-bond donors (Lipinski definition) is 0. The van der Waals surface area contributed by atoms with Crippen LogP contribution in [0, 0.1) is 0 Å². The van der Waals surface area contributed by atoms with Gasteiger partial charge in [-0.3, -0.25) is 0 Å². The number of nitrogens with zero attached hydrogens (tertiary/aromatic N) is 3. The minimum absolute atomic E-state index is 0.317. The molecule has 0 aliphatic heterocycles. The van der Waals surface area contributed by atoms with E-state index < -0.39 is 5.41 Å². The largest absolute Gasteiger partial charge is 0.310 e. The molecule has 0 saturated heterocycles. The van der Waals surface area contributed by atoms with Gasteiger partial charge in [0.15, 0.2) is 0 Å². The van der Waals surface area contributed by atoms with Gasteiger partial charge < -0.3 is 14.4 Å². The van der Waals surface area contributed by atoms with Crippen LogP contribution in [0.5, 0.6) is 0 Å². The number of hydrogen-bond acceptors (Lipinski definition) is 3. The second kappa shape index (κ2) is 25.7. The first-order valence-corrected chi connectivity index (χ1v) is 40.4. The van der Waals surface area contributed by atoms with Crippen LogP contribution in [0.15, 0.2) is 406 Å². The SMILES string of the molecule is CC1(C)c2ccc(-c3cccc4c3ccc3cccc(N(c5ccc(-c6ccc7sc8ccccc8c7c6)cc5)c5ccc6c(c5)C(c5ccccc5)(c5ccccc5)c5ccccc5-6)c34)cc2-c2ccc(N(c3ccc(-c4ccc5c(c4)c4ccccc4n5-c4ccccc4)cc3)c3cccc4ccc5ccccc5c34)cc21. The Balaban J connectivity index is 0.656. The van der Waals surface area contributed by atoms with Gasteiger partial charge >= 0.3 is 0 Å². The number of fused-ring (bicyclic) bond motifs is 18. The van der Waals surface area contributed by atoms with Gasteiger partial charge in [-0.25, -0.2) is 0 Å². The maximum atomic E-state index is 2.53. The zero-order chi connectivity index (χ0) is 75.3. The van der Waals surface area contributed by atoms with Crippen LogP contribution >= 0.6 is 11.3 Å². The van der Waals surface area contributed by atoms with Crippen LogP contribution in [0.4, 0.5) is 34.1 Å². The number of thiophene rings is 1. The van der Waals surface area contributed by atoms with Crippen LogP contribution in [0.1, 0.15) is 47.2 Å². The molecule has 19 aromatic carbocycles. The molecule has 21 aromatic rings. The van der Waals surface area contributed by atoms with Crippen LogP contribution in [-0.2, 0) is 10.8 Å². The van der Waals surface area contributed by atoms with Gasteiger partial charge in [0.2, 0.25) is 0 Å². The fourth-order valence-corrected chi connectivity index (χ4v) is 20.9. The molecular weight excluding hydrogens is 1400 g/mol. The van der Waals surface area contributed by atoms with E-state index in [1.807, 2.05) is 11.3 Å². The third kappa shape index (κ3) is 10.0. The van der Waals surface area contributed by atoms with E-state index in [4.69, 9.17) is 0 Å². The number of para-hydroxylation sites is 2. The molecular formula is C110H73N3S. The number of rotatable bonds is 12. The monoisotopic (exact) mass is 1470 g/mol. The summed E-state index contributed by atoms with van der Waals surface area (Å²) in [6.45, 7) is 4.83. The fourth-order valence-electron chi connectivity index (χ4n) is 19.8. The summed E-state index contributed by atoms with van der Waals surface area (Å²) in [6.07, 6.45) is 0. The predicted molar refractivity (Wildman–Crippen MR) is 484 cm³/mol. The maximum Gasteiger partial charge on any atom is 0.0714 e. The van der Waals surface area contributed by atoms with Crippen molar-refractivity contribution in [3.63, 3.8) is 0 Å². The zero-order valence-electron chi connectivity index (χ0n) is 62.9. The molecule has 0 atom stereocenters. The topological polar surface area (TPSA) is 11.4 Å². The summed E-state index contributed by atoms with van der Waals surface area (Å²) in [6, 6.07) is 153. The van der Waals surface area contributed by atoms with Crippen molar-refractivity contribution in [2.24, 2.45) is 0 Å². The third-order valence-corrected chi connectivity index (χ3v) is 26.2. The molecule has 2 aliphatic rings. The van der Waals surface area contributed by atoms with E-state index >= 15 is 0 Å². The molecule has 23 rings (SSSR count). The first-order valence-electron chi connectivity index (χ1n) is 39.6. The Morgan fingerprint density at radius 3 is 1.44 bits per heavy atom. The van der Waals surface area contributed by atoms with Crippen molar-refractivity contribution in [2.75, 3.05) is 9.80 Å². The molecule has 0 spiro atoms. The quantitative estimate of drug-likeness (QED) is 0.113. The number of anilines is 6. The molecule has 0 N–H and O–H groups in total. The van der Waals surface area contributed by atoms with Crippen molar-refractivity contribution in [3.05, 3.63) is 440 Å². The number of aromatic nitrogens is 1. The molecule has 0 unspecified atom stereocenters. The van der Waals surface area contributed by atoms with Gasteiger partial charge in [-0.2, -0.15) is 0 Å². The lowest BCUT2D eigenvalue weighted by Crippen LogP contribution is -2.28. The highest BCUT2D eigenvalue weighted by molar-refractivity contribution is 7.25. The van der Waals surface area contributed by atoms with E-state index in [2.05, 4.69) is 435 Å². The van der Waals surface area contributed by atoms with Crippen molar-refractivity contribution in [2.45, 2.75) is 24.7 Å². The number of benzene rings is 19. The Hall–Kier alpha value is -14.2. The predicted octanol–water partition coefficient (Wildman–Crippen LogP) is 30.4. The molecule has 0 fully saturated rings. The lowest BCUT2D eigenvalue weighted by Gasteiger charge is -2.35. The molecule has 2 aromatic heterocycles. The molecule has 0 amide bonds. The molecule has 534 valence electrons. The van der Waals surface area contributed by atoms with Gasteiger partial charge in [-0.05, 0) is 237 Å². The zero-order valence-corrected chi connectivity index (χ0v) is 63.7. The van der Waals surface area contributed by atoms with Crippen molar-refractivity contribution in [1.29, 1.82) is 0 Å². The van der Waals surface area contributed by atoms with Crippen LogP contribution in [0.25, 0.3) is 146 Å². The summed E-state index contributed by atoms with van der Waals surface area (Å²) < 4.78 is 5.00. The highest BCUT2D eigenvalue weighted by Crippen LogP contribution is 2.59. The van der Waals surface area contributed by atoms with Crippen molar-refractivity contribution in [3.8, 4) is 61.3 Å². The van der Waals surface area contributed by atoms with E-state index in [9.17, 15) is 0 Å². The van der Waals surface area contributed by atoms with Gasteiger partial charge in [0.05, 0.1) is 27.8 Å². The molecule has 4 heteroatoms. The van der Waals surface area contributed by atoms with E-state index in [0.717, 1.165) is 39.8 Å². The van der Waals surface area contributed by atoms with E-state index in [1.165, 1.54) is 174 Å². The van der Waals surface area contributed by atoms with Crippen LogP contribution in [-0.4, -0.2) is 4.57 Å².